The predicted octanol–water partition coefficient (Wildman–Crippen LogP) is 4.52. The van der Waals surface area contributed by atoms with Crippen LogP contribution in [0.2, 0.25) is 5.02 Å². The number of hydrogen-bond donors (Lipinski definition) is 2. The first-order valence-electron chi connectivity index (χ1n) is 6.31. The number of fused-ring (bicyclic) bond motifs is 1. The molecule has 20 heavy (non-hydrogen) atoms. The molecule has 0 aliphatic heterocycles. The minimum atomic E-state index is 0.705. The van der Waals surface area contributed by atoms with Gasteiger partial charge >= 0.3 is 0 Å². The second kappa shape index (κ2) is 5.02. The maximum absolute atomic E-state index is 6.14. The van der Waals surface area contributed by atoms with Crippen molar-refractivity contribution in [2.75, 3.05) is 11.1 Å². The Morgan fingerprint density at radius 2 is 2.00 bits per heavy atom. The van der Waals surface area contributed by atoms with Gasteiger partial charge in [0.1, 0.15) is 5.82 Å². The molecule has 2 aromatic carbocycles. The molecule has 0 spiro atoms. The Hall–Kier alpha value is -2.26. The van der Waals surface area contributed by atoms with Gasteiger partial charge in [0.15, 0.2) is 0 Å². The summed E-state index contributed by atoms with van der Waals surface area (Å²) in [5.41, 5.74) is 8.70. The van der Waals surface area contributed by atoms with Gasteiger partial charge in [0.2, 0.25) is 0 Å². The van der Waals surface area contributed by atoms with Crippen LogP contribution in [0.4, 0.5) is 17.2 Å². The van der Waals surface area contributed by atoms with Crippen molar-refractivity contribution >= 4 is 39.6 Å². The zero-order valence-electron chi connectivity index (χ0n) is 11.0. The Balaban J connectivity index is 2.08. The van der Waals surface area contributed by atoms with Crippen molar-refractivity contribution in [3.8, 4) is 0 Å². The number of nitrogens with zero attached hydrogens (tertiary/aromatic N) is 1. The van der Waals surface area contributed by atoms with Crippen LogP contribution in [0.3, 0.4) is 0 Å². The lowest BCUT2D eigenvalue weighted by Gasteiger charge is -2.11. The highest BCUT2D eigenvalue weighted by atomic mass is 35.5. The Labute approximate surface area is 122 Å². The molecule has 3 rings (SSSR count). The molecule has 0 amide bonds. The largest absolute Gasteiger partial charge is 0.398 e. The molecule has 0 fully saturated rings. The van der Waals surface area contributed by atoms with Crippen molar-refractivity contribution in [1.82, 2.24) is 4.98 Å². The van der Waals surface area contributed by atoms with Gasteiger partial charge in [-0.05, 0) is 42.1 Å². The van der Waals surface area contributed by atoms with E-state index in [9.17, 15) is 0 Å². The minimum absolute atomic E-state index is 0.705. The first-order chi connectivity index (χ1) is 9.65. The molecule has 0 aliphatic carbocycles. The lowest BCUT2D eigenvalue weighted by atomic mass is 10.1. The van der Waals surface area contributed by atoms with Gasteiger partial charge in [-0.15, -0.1) is 0 Å². The van der Waals surface area contributed by atoms with E-state index in [0.717, 1.165) is 32.9 Å². The smallest absolute Gasteiger partial charge is 0.140 e. The number of nitrogens with two attached hydrogens (primary N) is 1. The molecule has 4 heteroatoms. The van der Waals surface area contributed by atoms with Gasteiger partial charge in [-0.3, -0.25) is 0 Å². The first kappa shape index (κ1) is 12.8. The van der Waals surface area contributed by atoms with E-state index in [0.29, 0.717) is 5.69 Å². The molecule has 0 bridgehead atoms. The van der Waals surface area contributed by atoms with Gasteiger partial charge in [0, 0.05) is 28.0 Å². The van der Waals surface area contributed by atoms with E-state index in [1.807, 2.05) is 49.4 Å². The van der Waals surface area contributed by atoms with Crippen LogP contribution in [0.15, 0.2) is 48.7 Å². The third kappa shape index (κ3) is 2.28. The fraction of sp³-hybridized carbons (Fsp3) is 0.0625. The van der Waals surface area contributed by atoms with Crippen LogP contribution in [-0.2, 0) is 0 Å². The molecule has 0 atom stereocenters. The van der Waals surface area contributed by atoms with Crippen LogP contribution >= 0.6 is 11.6 Å². The molecule has 0 saturated heterocycles. The van der Waals surface area contributed by atoms with Gasteiger partial charge in [-0.1, -0.05) is 29.8 Å². The van der Waals surface area contributed by atoms with Gasteiger partial charge in [-0.2, -0.15) is 0 Å². The average Bonchev–Trinajstić information content (AvgIpc) is 2.43. The molecule has 0 saturated carbocycles. The highest BCUT2D eigenvalue weighted by Crippen LogP contribution is 2.30. The van der Waals surface area contributed by atoms with Crippen molar-refractivity contribution in [3.05, 3.63) is 59.2 Å². The van der Waals surface area contributed by atoms with Gasteiger partial charge in [0.25, 0.3) is 0 Å². The van der Waals surface area contributed by atoms with Gasteiger partial charge < -0.3 is 11.1 Å². The van der Waals surface area contributed by atoms with Crippen molar-refractivity contribution in [2.24, 2.45) is 0 Å². The van der Waals surface area contributed by atoms with E-state index in [1.165, 1.54) is 0 Å². The van der Waals surface area contributed by atoms with Crippen LogP contribution in [0.1, 0.15) is 5.56 Å². The summed E-state index contributed by atoms with van der Waals surface area (Å²) in [6.07, 6.45) is 1.76. The number of anilines is 3. The number of halogens is 1. The summed E-state index contributed by atoms with van der Waals surface area (Å²) in [6, 6.07) is 13.6. The SMILES string of the molecule is Cc1ccc(Nc2nccc3cccc(N)c23)cc1Cl. The van der Waals surface area contributed by atoms with Gasteiger partial charge in [-0.25, -0.2) is 4.98 Å². The standard InChI is InChI=1S/C16H14ClN3/c1-10-5-6-12(9-13(10)17)20-16-15-11(7-8-19-16)3-2-4-14(15)18/h2-9H,18H2,1H3,(H,19,20). The third-order valence-corrected chi connectivity index (χ3v) is 3.67. The third-order valence-electron chi connectivity index (χ3n) is 3.26. The Kier molecular flexibility index (Phi) is 3.20. The van der Waals surface area contributed by atoms with E-state index in [-0.39, 0.29) is 0 Å². The molecule has 3 aromatic rings. The summed E-state index contributed by atoms with van der Waals surface area (Å²) in [5, 5.41) is 5.98. The fourth-order valence-electron chi connectivity index (χ4n) is 2.16. The summed E-state index contributed by atoms with van der Waals surface area (Å²) in [4.78, 5) is 4.38. The van der Waals surface area contributed by atoms with E-state index in [2.05, 4.69) is 10.3 Å². The Bertz CT molecular complexity index is 779. The number of aryl methyl sites for hydroxylation is 1. The van der Waals surface area contributed by atoms with Crippen LogP contribution in [0.25, 0.3) is 10.8 Å². The lowest BCUT2D eigenvalue weighted by molar-refractivity contribution is 1.33. The summed E-state index contributed by atoms with van der Waals surface area (Å²) >= 11 is 6.14. The van der Waals surface area contributed by atoms with Crippen LogP contribution < -0.4 is 11.1 Å². The number of hydrogen-bond acceptors (Lipinski definition) is 3. The van der Waals surface area contributed by atoms with E-state index >= 15 is 0 Å². The Morgan fingerprint density at radius 3 is 2.80 bits per heavy atom. The van der Waals surface area contributed by atoms with Crippen molar-refractivity contribution in [2.45, 2.75) is 6.92 Å². The topological polar surface area (TPSA) is 50.9 Å². The molecule has 100 valence electrons. The van der Waals surface area contributed by atoms with E-state index < -0.39 is 0 Å². The second-order valence-electron chi connectivity index (χ2n) is 4.69. The maximum atomic E-state index is 6.14. The highest BCUT2D eigenvalue weighted by molar-refractivity contribution is 6.31. The average molecular weight is 284 g/mol. The summed E-state index contributed by atoms with van der Waals surface area (Å²) < 4.78 is 0. The quantitative estimate of drug-likeness (QED) is 0.680. The number of pyridine rings is 1. The molecule has 0 unspecified atom stereocenters. The molecule has 1 aromatic heterocycles. The maximum Gasteiger partial charge on any atom is 0.140 e. The van der Waals surface area contributed by atoms with Crippen molar-refractivity contribution < 1.29 is 0 Å². The number of rotatable bonds is 2. The molecule has 0 aliphatic rings. The Morgan fingerprint density at radius 1 is 1.15 bits per heavy atom. The van der Waals surface area contributed by atoms with E-state index in [1.54, 1.807) is 6.20 Å². The van der Waals surface area contributed by atoms with Crippen LogP contribution in [0.5, 0.6) is 0 Å². The zero-order chi connectivity index (χ0) is 14.1. The monoisotopic (exact) mass is 283 g/mol. The zero-order valence-corrected chi connectivity index (χ0v) is 11.8. The fourth-order valence-corrected chi connectivity index (χ4v) is 2.34. The number of nitrogens with one attached hydrogen (secondary N) is 1. The summed E-state index contributed by atoms with van der Waals surface area (Å²) in [6.45, 7) is 1.97. The molecule has 3 nitrogen and oxygen atoms in total. The molecule has 3 N–H and O–H groups in total. The van der Waals surface area contributed by atoms with Gasteiger partial charge in [0.05, 0.1) is 0 Å². The molecule has 0 radical (unpaired) electrons. The normalized spacial score (nSPS) is 10.7. The second-order valence-corrected chi connectivity index (χ2v) is 5.10. The minimum Gasteiger partial charge on any atom is -0.398 e. The predicted molar refractivity (Wildman–Crippen MR) is 85.6 cm³/mol. The van der Waals surface area contributed by atoms with E-state index in [4.69, 9.17) is 17.3 Å². The number of benzene rings is 2. The molecular formula is C16H14ClN3. The number of aromatic nitrogens is 1. The molecular weight excluding hydrogens is 270 g/mol. The highest BCUT2D eigenvalue weighted by Gasteiger charge is 2.06. The van der Waals surface area contributed by atoms with Crippen LogP contribution in [-0.4, -0.2) is 4.98 Å². The van der Waals surface area contributed by atoms with Crippen molar-refractivity contribution in [3.63, 3.8) is 0 Å². The molecule has 1 heterocycles. The summed E-state index contributed by atoms with van der Waals surface area (Å²) in [7, 11) is 0. The lowest BCUT2D eigenvalue weighted by Crippen LogP contribution is -1.97. The summed E-state index contributed by atoms with van der Waals surface area (Å²) in [5.74, 6) is 0.737. The van der Waals surface area contributed by atoms with Crippen LogP contribution in [0, 0.1) is 6.92 Å². The number of nitrogen functional groups attached to an aromatic ring is 1. The first-order valence-corrected chi connectivity index (χ1v) is 6.69. The van der Waals surface area contributed by atoms with Crippen molar-refractivity contribution in [1.29, 1.82) is 0 Å².